The van der Waals surface area contributed by atoms with Gasteiger partial charge in [0.25, 0.3) is 0 Å². The average molecular weight is 194 g/mol. The van der Waals surface area contributed by atoms with Crippen molar-refractivity contribution in [1.29, 1.82) is 0 Å². The molecule has 0 aromatic heterocycles. The highest BCUT2D eigenvalue weighted by Crippen LogP contribution is 2.20. The van der Waals surface area contributed by atoms with Crippen LogP contribution in [0.5, 0.6) is 0 Å². The molecule has 0 fully saturated rings. The fraction of sp³-hybridized carbons (Fsp3) is 0.500. The molecule has 0 bridgehead atoms. The van der Waals surface area contributed by atoms with Gasteiger partial charge in [0.15, 0.2) is 6.29 Å². The van der Waals surface area contributed by atoms with Crippen LogP contribution in [0, 0.1) is 0 Å². The molecule has 1 aromatic rings. The van der Waals surface area contributed by atoms with E-state index in [1.165, 1.54) is 0 Å². The summed E-state index contributed by atoms with van der Waals surface area (Å²) in [5, 5.41) is 0. The molecule has 0 saturated carbocycles. The quantitative estimate of drug-likeness (QED) is 0.670. The van der Waals surface area contributed by atoms with Crippen molar-refractivity contribution in [2.75, 3.05) is 7.11 Å². The van der Waals surface area contributed by atoms with Crippen molar-refractivity contribution >= 4 is 0 Å². The van der Waals surface area contributed by atoms with Crippen LogP contribution >= 0.6 is 0 Å². The number of rotatable bonds is 5. The summed E-state index contributed by atoms with van der Waals surface area (Å²) in [6.07, 6.45) is 0.971. The van der Waals surface area contributed by atoms with E-state index >= 15 is 0 Å². The van der Waals surface area contributed by atoms with Crippen molar-refractivity contribution in [3.8, 4) is 0 Å². The highest BCUT2D eigenvalue weighted by atomic mass is 16.7. The summed E-state index contributed by atoms with van der Waals surface area (Å²) in [4.78, 5) is 0. The highest BCUT2D eigenvalue weighted by molar-refractivity contribution is 5.15. The zero-order valence-electron chi connectivity index (χ0n) is 9.07. The molecule has 78 valence electrons. The van der Waals surface area contributed by atoms with Gasteiger partial charge in [-0.25, -0.2) is 0 Å². The molecule has 0 N–H and O–H groups in total. The van der Waals surface area contributed by atoms with E-state index in [1.54, 1.807) is 7.11 Å². The topological polar surface area (TPSA) is 18.5 Å². The third-order valence-corrected chi connectivity index (χ3v) is 2.22. The van der Waals surface area contributed by atoms with E-state index in [1.807, 2.05) is 30.3 Å². The van der Waals surface area contributed by atoms with E-state index in [2.05, 4.69) is 13.8 Å². The maximum absolute atomic E-state index is 5.71. The Kier molecular flexibility index (Phi) is 4.63. The second-order valence-corrected chi connectivity index (χ2v) is 3.33. The van der Waals surface area contributed by atoms with Crippen LogP contribution in [0.15, 0.2) is 30.3 Å². The summed E-state index contributed by atoms with van der Waals surface area (Å²) >= 11 is 0. The molecule has 0 unspecified atom stereocenters. The third-order valence-electron chi connectivity index (χ3n) is 2.22. The summed E-state index contributed by atoms with van der Waals surface area (Å²) in [5.74, 6) is 0. The number of ether oxygens (including phenoxy) is 2. The predicted octanol–water partition coefficient (Wildman–Crippen LogP) is 3.15. The smallest absolute Gasteiger partial charge is 0.183 e. The first-order valence-corrected chi connectivity index (χ1v) is 5.01. The second-order valence-electron chi connectivity index (χ2n) is 3.33. The lowest BCUT2D eigenvalue weighted by Gasteiger charge is -2.20. The molecule has 0 aliphatic heterocycles. The molecule has 0 spiro atoms. The van der Waals surface area contributed by atoms with Crippen LogP contribution in [0.4, 0.5) is 0 Å². The molecule has 0 heterocycles. The van der Waals surface area contributed by atoms with E-state index in [9.17, 15) is 0 Å². The van der Waals surface area contributed by atoms with Crippen molar-refractivity contribution in [1.82, 2.24) is 0 Å². The Morgan fingerprint density at radius 1 is 1.21 bits per heavy atom. The van der Waals surface area contributed by atoms with Crippen LogP contribution in [0.25, 0.3) is 0 Å². The van der Waals surface area contributed by atoms with E-state index in [0.29, 0.717) is 0 Å². The van der Waals surface area contributed by atoms with Gasteiger partial charge in [0.05, 0.1) is 6.10 Å². The Balaban J connectivity index is 2.63. The molecule has 2 nitrogen and oxygen atoms in total. The summed E-state index contributed by atoms with van der Waals surface area (Å²) in [7, 11) is 1.67. The van der Waals surface area contributed by atoms with Gasteiger partial charge in [0.2, 0.25) is 0 Å². The number of benzene rings is 1. The Hall–Kier alpha value is -0.860. The van der Waals surface area contributed by atoms with Crippen LogP contribution in [-0.2, 0) is 9.47 Å². The van der Waals surface area contributed by atoms with Crippen LogP contribution < -0.4 is 0 Å². The molecule has 0 aliphatic rings. The van der Waals surface area contributed by atoms with Crippen molar-refractivity contribution < 1.29 is 9.47 Å². The van der Waals surface area contributed by atoms with Crippen molar-refractivity contribution in [2.24, 2.45) is 0 Å². The summed E-state index contributed by atoms with van der Waals surface area (Å²) in [5.41, 5.74) is 1.07. The molecule has 14 heavy (non-hydrogen) atoms. The summed E-state index contributed by atoms with van der Waals surface area (Å²) < 4.78 is 11.0. The van der Waals surface area contributed by atoms with E-state index in [0.717, 1.165) is 12.0 Å². The molecule has 0 amide bonds. The van der Waals surface area contributed by atoms with Gasteiger partial charge in [-0.15, -0.1) is 0 Å². The maximum Gasteiger partial charge on any atom is 0.183 e. The lowest BCUT2D eigenvalue weighted by molar-refractivity contribution is -0.155. The Labute approximate surface area is 85.8 Å². The molecule has 1 aromatic carbocycles. The maximum atomic E-state index is 5.71. The lowest BCUT2D eigenvalue weighted by atomic mass is 10.2. The third kappa shape index (κ3) is 3.13. The van der Waals surface area contributed by atoms with Crippen LogP contribution in [-0.4, -0.2) is 13.2 Å². The zero-order valence-corrected chi connectivity index (χ0v) is 9.07. The van der Waals surface area contributed by atoms with Crippen LogP contribution in [0.1, 0.15) is 32.1 Å². The van der Waals surface area contributed by atoms with Gasteiger partial charge in [-0.3, -0.25) is 0 Å². The molecule has 0 radical (unpaired) electrons. The molecule has 2 heteroatoms. The van der Waals surface area contributed by atoms with Gasteiger partial charge >= 0.3 is 0 Å². The molecular weight excluding hydrogens is 176 g/mol. The summed E-state index contributed by atoms with van der Waals surface area (Å²) in [6, 6.07) is 9.98. The minimum atomic E-state index is -0.244. The van der Waals surface area contributed by atoms with Gasteiger partial charge in [-0.1, -0.05) is 37.3 Å². The first-order chi connectivity index (χ1) is 6.77. The van der Waals surface area contributed by atoms with Gasteiger partial charge in [-0.2, -0.15) is 0 Å². The lowest BCUT2D eigenvalue weighted by Crippen LogP contribution is -2.14. The molecule has 0 saturated heterocycles. The largest absolute Gasteiger partial charge is 0.352 e. The van der Waals surface area contributed by atoms with Gasteiger partial charge in [0.1, 0.15) is 0 Å². The predicted molar refractivity (Wildman–Crippen MR) is 57.0 cm³/mol. The molecular formula is C12H18O2. The minimum absolute atomic E-state index is 0.222. The Bertz CT molecular complexity index is 246. The van der Waals surface area contributed by atoms with Crippen LogP contribution in [0.2, 0.25) is 0 Å². The van der Waals surface area contributed by atoms with Crippen molar-refractivity contribution in [2.45, 2.75) is 32.7 Å². The monoisotopic (exact) mass is 194 g/mol. The van der Waals surface area contributed by atoms with Crippen LogP contribution in [0.3, 0.4) is 0 Å². The van der Waals surface area contributed by atoms with Crippen molar-refractivity contribution in [3.05, 3.63) is 35.9 Å². The molecule has 0 aliphatic carbocycles. The number of methoxy groups -OCH3 is 1. The SMILES string of the molecule is CC[C@@H](C)O[C@H](OC)c1ccccc1. The number of hydrogen-bond acceptors (Lipinski definition) is 2. The summed E-state index contributed by atoms with van der Waals surface area (Å²) in [6.45, 7) is 4.15. The van der Waals surface area contributed by atoms with E-state index in [4.69, 9.17) is 9.47 Å². The van der Waals surface area contributed by atoms with Gasteiger partial charge in [0, 0.05) is 12.7 Å². The van der Waals surface area contributed by atoms with E-state index < -0.39 is 0 Å². The first kappa shape index (κ1) is 11.2. The van der Waals surface area contributed by atoms with E-state index in [-0.39, 0.29) is 12.4 Å². The van der Waals surface area contributed by atoms with Crippen molar-refractivity contribution in [3.63, 3.8) is 0 Å². The first-order valence-electron chi connectivity index (χ1n) is 5.01. The fourth-order valence-electron chi connectivity index (χ4n) is 1.19. The van der Waals surface area contributed by atoms with Gasteiger partial charge in [-0.05, 0) is 13.3 Å². The normalized spacial score (nSPS) is 15.1. The average Bonchev–Trinajstić information content (AvgIpc) is 2.26. The number of hydrogen-bond donors (Lipinski definition) is 0. The second kappa shape index (κ2) is 5.78. The fourth-order valence-corrected chi connectivity index (χ4v) is 1.19. The Morgan fingerprint density at radius 2 is 1.86 bits per heavy atom. The van der Waals surface area contributed by atoms with Gasteiger partial charge < -0.3 is 9.47 Å². The minimum Gasteiger partial charge on any atom is -0.352 e. The molecule has 2 atom stereocenters. The standard InChI is InChI=1S/C12H18O2/c1-4-10(2)14-12(13-3)11-8-6-5-7-9-11/h5-10,12H,4H2,1-3H3/t10-,12+/m1/s1. The Morgan fingerprint density at radius 3 is 2.36 bits per heavy atom. The zero-order chi connectivity index (χ0) is 10.4. The molecule has 1 rings (SSSR count). The highest BCUT2D eigenvalue weighted by Gasteiger charge is 2.12.